The van der Waals surface area contributed by atoms with Gasteiger partial charge in [-0.05, 0) is 43.9 Å². The summed E-state index contributed by atoms with van der Waals surface area (Å²) in [7, 11) is 4.22. The maximum atomic E-state index is 4.46. The molecule has 0 aliphatic rings. The van der Waals surface area contributed by atoms with E-state index in [1.165, 1.54) is 16.5 Å². The van der Waals surface area contributed by atoms with Gasteiger partial charge in [-0.25, -0.2) is 0 Å². The zero-order valence-electron chi connectivity index (χ0n) is 13.0. The van der Waals surface area contributed by atoms with E-state index in [9.17, 15) is 0 Å². The Bertz CT molecular complexity index is 763. The van der Waals surface area contributed by atoms with Crippen LogP contribution >= 0.6 is 15.9 Å². The van der Waals surface area contributed by atoms with Crippen LogP contribution in [0.2, 0.25) is 0 Å². The Morgan fingerprint density at radius 2 is 2.00 bits per heavy atom. The van der Waals surface area contributed by atoms with Crippen molar-refractivity contribution >= 4 is 26.8 Å². The molecule has 3 aromatic rings. The molecule has 0 atom stereocenters. The Kier molecular flexibility index (Phi) is 4.60. The number of halogens is 1. The van der Waals surface area contributed by atoms with E-state index < -0.39 is 0 Å². The Morgan fingerprint density at radius 1 is 1.14 bits per heavy atom. The zero-order valence-corrected chi connectivity index (χ0v) is 14.5. The monoisotopic (exact) mass is 357 g/mol. The van der Waals surface area contributed by atoms with Crippen molar-refractivity contribution in [3.8, 4) is 0 Å². The van der Waals surface area contributed by atoms with E-state index >= 15 is 0 Å². The van der Waals surface area contributed by atoms with Gasteiger partial charge in [-0.15, -0.1) is 0 Å². The van der Waals surface area contributed by atoms with E-state index in [1.807, 2.05) is 18.3 Å². The fourth-order valence-electron chi connectivity index (χ4n) is 2.72. The van der Waals surface area contributed by atoms with Crippen LogP contribution in [0.1, 0.15) is 11.3 Å². The molecule has 0 bridgehead atoms. The first kappa shape index (κ1) is 15.3. The second-order valence-corrected chi connectivity index (χ2v) is 6.64. The number of benzene rings is 1. The molecule has 0 aliphatic heterocycles. The van der Waals surface area contributed by atoms with Crippen LogP contribution in [-0.2, 0) is 13.0 Å². The first-order valence-corrected chi connectivity index (χ1v) is 8.25. The van der Waals surface area contributed by atoms with Crippen molar-refractivity contribution in [3.63, 3.8) is 0 Å². The van der Waals surface area contributed by atoms with Crippen LogP contribution in [0.15, 0.2) is 53.3 Å². The molecule has 0 saturated heterocycles. The van der Waals surface area contributed by atoms with E-state index in [0.717, 1.165) is 29.7 Å². The highest BCUT2D eigenvalue weighted by Crippen LogP contribution is 2.30. The molecule has 0 spiro atoms. The largest absolute Gasteiger partial charge is 0.346 e. The van der Waals surface area contributed by atoms with Crippen LogP contribution in [0.3, 0.4) is 0 Å². The Hall–Kier alpha value is -1.65. The summed E-state index contributed by atoms with van der Waals surface area (Å²) >= 11 is 3.71. The molecule has 2 heterocycles. The maximum absolute atomic E-state index is 4.46. The van der Waals surface area contributed by atoms with Gasteiger partial charge in [-0.2, -0.15) is 0 Å². The van der Waals surface area contributed by atoms with Gasteiger partial charge in [0.25, 0.3) is 0 Å². The molecule has 4 heteroatoms. The van der Waals surface area contributed by atoms with Crippen molar-refractivity contribution in [3.05, 3.63) is 64.5 Å². The molecule has 0 unspecified atom stereocenters. The highest BCUT2D eigenvalue weighted by Gasteiger charge is 2.12. The highest BCUT2D eigenvalue weighted by molar-refractivity contribution is 9.10. The second-order valence-electron chi connectivity index (χ2n) is 5.78. The van der Waals surface area contributed by atoms with Gasteiger partial charge in [-0.3, -0.25) is 4.98 Å². The van der Waals surface area contributed by atoms with Crippen molar-refractivity contribution in [1.29, 1.82) is 0 Å². The van der Waals surface area contributed by atoms with Gasteiger partial charge in [0.05, 0.1) is 0 Å². The van der Waals surface area contributed by atoms with Gasteiger partial charge >= 0.3 is 0 Å². The summed E-state index contributed by atoms with van der Waals surface area (Å²) in [5.74, 6) is 0. The molecule has 0 amide bonds. The maximum Gasteiger partial charge on any atom is 0.0495 e. The lowest BCUT2D eigenvalue weighted by Crippen LogP contribution is -2.17. The van der Waals surface area contributed by atoms with Crippen molar-refractivity contribution in [2.24, 2.45) is 0 Å². The molecule has 0 fully saturated rings. The lowest BCUT2D eigenvalue weighted by molar-refractivity contribution is 0.387. The van der Waals surface area contributed by atoms with Crippen molar-refractivity contribution in [2.45, 2.75) is 13.0 Å². The Morgan fingerprint density at radius 3 is 2.73 bits per heavy atom. The Balaban J connectivity index is 2.02. The second kappa shape index (κ2) is 6.63. The molecule has 1 aromatic carbocycles. The minimum atomic E-state index is 0.856. The van der Waals surface area contributed by atoms with Crippen LogP contribution in [-0.4, -0.2) is 35.1 Å². The standard InChI is InChI=1S/C18H20BrN3/c1-21(2)10-11-22-13-14(12-15-6-3-4-9-20-15)18-16(19)7-5-8-17(18)22/h3-9,13H,10-12H2,1-2H3. The molecule has 114 valence electrons. The van der Waals surface area contributed by atoms with Gasteiger partial charge < -0.3 is 9.47 Å². The lowest BCUT2D eigenvalue weighted by Gasteiger charge is -2.11. The van der Waals surface area contributed by atoms with Crippen LogP contribution < -0.4 is 0 Å². The summed E-state index contributed by atoms with van der Waals surface area (Å²) in [5.41, 5.74) is 3.70. The molecule has 2 aromatic heterocycles. The average Bonchev–Trinajstić information content (AvgIpc) is 2.85. The van der Waals surface area contributed by atoms with Gasteiger partial charge in [-0.1, -0.05) is 28.1 Å². The molecule has 22 heavy (non-hydrogen) atoms. The van der Waals surface area contributed by atoms with Crippen LogP contribution in [0.25, 0.3) is 10.9 Å². The van der Waals surface area contributed by atoms with E-state index in [-0.39, 0.29) is 0 Å². The molecule has 0 aliphatic carbocycles. The fourth-order valence-corrected chi connectivity index (χ4v) is 3.33. The number of hydrogen-bond donors (Lipinski definition) is 0. The summed E-state index contributed by atoms with van der Waals surface area (Å²) in [5, 5.41) is 1.30. The SMILES string of the molecule is CN(C)CCn1cc(Cc2ccccn2)c2c(Br)cccc21. The number of aromatic nitrogens is 2. The predicted octanol–water partition coefficient (Wildman–Crippen LogP) is 3.95. The molecule has 0 N–H and O–H groups in total. The molecule has 0 saturated carbocycles. The number of pyridine rings is 1. The van der Waals surface area contributed by atoms with Gasteiger partial charge in [0.15, 0.2) is 0 Å². The number of rotatable bonds is 5. The first-order valence-electron chi connectivity index (χ1n) is 7.46. The van der Waals surface area contributed by atoms with Crippen molar-refractivity contribution in [2.75, 3.05) is 20.6 Å². The van der Waals surface area contributed by atoms with Gasteiger partial charge in [0, 0.05) is 53.0 Å². The third-order valence-corrected chi connectivity index (χ3v) is 4.48. The molecular formula is C18H20BrN3. The smallest absolute Gasteiger partial charge is 0.0495 e. The van der Waals surface area contributed by atoms with E-state index in [4.69, 9.17) is 0 Å². The normalized spacial score (nSPS) is 11.5. The number of nitrogens with zero attached hydrogens (tertiary/aromatic N) is 3. The summed E-state index contributed by atoms with van der Waals surface area (Å²) in [4.78, 5) is 6.67. The molecule has 3 nitrogen and oxygen atoms in total. The molecule has 3 rings (SSSR count). The number of hydrogen-bond acceptors (Lipinski definition) is 2. The zero-order chi connectivity index (χ0) is 15.5. The highest BCUT2D eigenvalue weighted by atomic mass is 79.9. The fraction of sp³-hybridized carbons (Fsp3) is 0.278. The first-order chi connectivity index (χ1) is 10.6. The molecule has 0 radical (unpaired) electrons. The van der Waals surface area contributed by atoms with Gasteiger partial charge in [0.2, 0.25) is 0 Å². The third kappa shape index (κ3) is 3.23. The summed E-state index contributed by atoms with van der Waals surface area (Å²) < 4.78 is 3.50. The summed E-state index contributed by atoms with van der Waals surface area (Å²) in [6, 6.07) is 12.5. The number of fused-ring (bicyclic) bond motifs is 1. The summed E-state index contributed by atoms with van der Waals surface area (Å²) in [6.45, 7) is 2.02. The minimum absolute atomic E-state index is 0.856. The van der Waals surface area contributed by atoms with E-state index in [1.54, 1.807) is 0 Å². The minimum Gasteiger partial charge on any atom is -0.346 e. The predicted molar refractivity (Wildman–Crippen MR) is 95.2 cm³/mol. The topological polar surface area (TPSA) is 21.1 Å². The van der Waals surface area contributed by atoms with Crippen LogP contribution in [0.4, 0.5) is 0 Å². The Labute approximate surface area is 139 Å². The lowest BCUT2D eigenvalue weighted by atomic mass is 10.1. The van der Waals surface area contributed by atoms with E-state index in [2.05, 4.69) is 74.9 Å². The van der Waals surface area contributed by atoms with Crippen molar-refractivity contribution in [1.82, 2.24) is 14.5 Å². The average molecular weight is 358 g/mol. The van der Waals surface area contributed by atoms with Crippen molar-refractivity contribution < 1.29 is 0 Å². The van der Waals surface area contributed by atoms with Crippen LogP contribution in [0, 0.1) is 0 Å². The third-order valence-electron chi connectivity index (χ3n) is 3.82. The quantitative estimate of drug-likeness (QED) is 0.689. The summed E-state index contributed by atoms with van der Waals surface area (Å²) in [6.07, 6.45) is 4.98. The molecular weight excluding hydrogens is 338 g/mol. The van der Waals surface area contributed by atoms with Gasteiger partial charge in [0.1, 0.15) is 0 Å². The number of likely N-dealkylation sites (N-methyl/N-ethyl adjacent to an activating group) is 1. The van der Waals surface area contributed by atoms with Crippen LogP contribution in [0.5, 0.6) is 0 Å². The van der Waals surface area contributed by atoms with E-state index in [0.29, 0.717) is 0 Å².